The third kappa shape index (κ3) is 2.15. The lowest BCUT2D eigenvalue weighted by Gasteiger charge is -2.19. The number of hydrogen-bond donors (Lipinski definition) is 2. The number of aromatic nitrogens is 1. The molecule has 0 bridgehead atoms. The molecule has 20 heavy (non-hydrogen) atoms. The van der Waals surface area contributed by atoms with E-state index in [0.29, 0.717) is 5.56 Å². The molecule has 3 nitrogen and oxygen atoms in total. The number of fused-ring (bicyclic) bond motifs is 1. The van der Waals surface area contributed by atoms with Gasteiger partial charge in [-0.1, -0.05) is 36.4 Å². The van der Waals surface area contributed by atoms with Crippen LogP contribution >= 0.6 is 0 Å². The third-order valence-corrected chi connectivity index (χ3v) is 3.37. The van der Waals surface area contributed by atoms with Gasteiger partial charge in [0.05, 0.1) is 11.6 Å². The zero-order chi connectivity index (χ0) is 13.9. The van der Waals surface area contributed by atoms with Crippen LogP contribution in [-0.2, 0) is 0 Å². The Kier molecular flexibility index (Phi) is 3.41. The van der Waals surface area contributed by atoms with Gasteiger partial charge in [0.2, 0.25) is 0 Å². The molecule has 0 amide bonds. The zero-order valence-electron chi connectivity index (χ0n) is 10.8. The largest absolute Gasteiger partial charge is 0.271 e. The van der Waals surface area contributed by atoms with Crippen LogP contribution in [0.15, 0.2) is 60.8 Å². The Labute approximate surface area is 116 Å². The van der Waals surface area contributed by atoms with Crippen LogP contribution in [0.4, 0.5) is 4.39 Å². The molecule has 0 aliphatic heterocycles. The molecule has 0 aliphatic carbocycles. The summed E-state index contributed by atoms with van der Waals surface area (Å²) in [5.74, 6) is 5.38. The molecule has 4 heteroatoms. The van der Waals surface area contributed by atoms with Crippen LogP contribution in [0.3, 0.4) is 0 Å². The van der Waals surface area contributed by atoms with Gasteiger partial charge in [0, 0.05) is 17.1 Å². The van der Waals surface area contributed by atoms with E-state index in [1.807, 2.05) is 30.3 Å². The highest BCUT2D eigenvalue weighted by molar-refractivity contribution is 5.82. The fourth-order valence-electron chi connectivity index (χ4n) is 2.44. The van der Waals surface area contributed by atoms with E-state index in [0.717, 1.165) is 16.5 Å². The van der Waals surface area contributed by atoms with E-state index >= 15 is 0 Å². The minimum Gasteiger partial charge on any atom is -0.271 e. The lowest BCUT2D eigenvalue weighted by atomic mass is 9.95. The molecule has 1 unspecified atom stereocenters. The van der Waals surface area contributed by atoms with Crippen molar-refractivity contribution in [1.82, 2.24) is 10.4 Å². The molecule has 0 fully saturated rings. The van der Waals surface area contributed by atoms with Crippen molar-refractivity contribution in [3.05, 3.63) is 77.7 Å². The summed E-state index contributed by atoms with van der Waals surface area (Å²) in [6, 6.07) is 15.8. The number of nitrogens with one attached hydrogen (secondary N) is 1. The first-order chi connectivity index (χ1) is 9.81. The van der Waals surface area contributed by atoms with Crippen molar-refractivity contribution in [1.29, 1.82) is 0 Å². The number of hydrogen-bond acceptors (Lipinski definition) is 3. The minimum atomic E-state index is -0.413. The quantitative estimate of drug-likeness (QED) is 0.566. The van der Waals surface area contributed by atoms with Gasteiger partial charge in [0.15, 0.2) is 0 Å². The summed E-state index contributed by atoms with van der Waals surface area (Å²) in [4.78, 5) is 4.31. The number of rotatable bonds is 3. The Hall–Kier alpha value is -2.30. The van der Waals surface area contributed by atoms with Crippen LogP contribution in [0.5, 0.6) is 0 Å². The van der Waals surface area contributed by atoms with Gasteiger partial charge in [0.1, 0.15) is 5.82 Å². The molecule has 100 valence electrons. The predicted octanol–water partition coefficient (Wildman–Crippen LogP) is 2.93. The van der Waals surface area contributed by atoms with Gasteiger partial charge in [-0.2, -0.15) is 0 Å². The fourth-order valence-corrected chi connectivity index (χ4v) is 2.44. The number of nitrogens with zero attached hydrogens (tertiary/aromatic N) is 1. The smallest absolute Gasteiger partial charge is 0.128 e. The van der Waals surface area contributed by atoms with E-state index in [-0.39, 0.29) is 5.82 Å². The first kappa shape index (κ1) is 12.7. The molecule has 0 aliphatic rings. The monoisotopic (exact) mass is 267 g/mol. The van der Waals surface area contributed by atoms with Gasteiger partial charge in [-0.15, -0.1) is 0 Å². The van der Waals surface area contributed by atoms with Crippen molar-refractivity contribution in [2.45, 2.75) is 6.04 Å². The standard InChI is InChI=1S/C16H14FN3/c17-14-8-2-1-5-13(14)16(20-18)12-6-3-9-15-11(12)7-4-10-19-15/h1-10,16,20H,18H2. The second-order valence-corrected chi connectivity index (χ2v) is 4.54. The third-order valence-electron chi connectivity index (χ3n) is 3.37. The highest BCUT2D eigenvalue weighted by atomic mass is 19.1. The number of pyridine rings is 1. The van der Waals surface area contributed by atoms with Crippen molar-refractivity contribution in [3.63, 3.8) is 0 Å². The van der Waals surface area contributed by atoms with E-state index in [4.69, 9.17) is 5.84 Å². The molecule has 1 aromatic heterocycles. The maximum Gasteiger partial charge on any atom is 0.128 e. The summed E-state index contributed by atoms with van der Waals surface area (Å²) < 4.78 is 14.0. The Morgan fingerprint density at radius 3 is 2.55 bits per heavy atom. The lowest BCUT2D eigenvalue weighted by Crippen LogP contribution is -2.29. The maximum absolute atomic E-state index is 14.0. The number of hydrazine groups is 1. The second-order valence-electron chi connectivity index (χ2n) is 4.54. The molecular formula is C16H14FN3. The van der Waals surface area contributed by atoms with Crippen molar-refractivity contribution < 1.29 is 4.39 Å². The first-order valence-electron chi connectivity index (χ1n) is 6.35. The Morgan fingerprint density at radius 2 is 1.75 bits per heavy atom. The van der Waals surface area contributed by atoms with E-state index in [9.17, 15) is 4.39 Å². The van der Waals surface area contributed by atoms with Crippen molar-refractivity contribution in [2.75, 3.05) is 0 Å². The summed E-state index contributed by atoms with van der Waals surface area (Å²) in [5, 5.41) is 0.959. The predicted molar refractivity (Wildman–Crippen MR) is 77.3 cm³/mol. The SMILES string of the molecule is NNC(c1ccccc1F)c1cccc2ncccc12. The summed E-state index contributed by atoms with van der Waals surface area (Å²) in [7, 11) is 0. The molecule has 0 spiro atoms. The Balaban J connectivity index is 2.20. The average Bonchev–Trinajstić information content (AvgIpc) is 2.50. The van der Waals surface area contributed by atoms with Gasteiger partial charge in [-0.05, 0) is 23.8 Å². The maximum atomic E-state index is 14.0. The summed E-state index contributed by atoms with van der Waals surface area (Å²) >= 11 is 0. The van der Waals surface area contributed by atoms with Crippen LogP contribution in [0.2, 0.25) is 0 Å². The number of halogens is 1. The second kappa shape index (κ2) is 5.36. The molecule has 2 aromatic carbocycles. The molecule has 3 aromatic rings. The summed E-state index contributed by atoms with van der Waals surface area (Å²) in [6.45, 7) is 0. The van der Waals surface area contributed by atoms with E-state index in [2.05, 4.69) is 10.4 Å². The van der Waals surface area contributed by atoms with Gasteiger partial charge >= 0.3 is 0 Å². The minimum absolute atomic E-state index is 0.281. The van der Waals surface area contributed by atoms with Gasteiger partial charge in [0.25, 0.3) is 0 Å². The first-order valence-corrected chi connectivity index (χ1v) is 6.35. The highest BCUT2D eigenvalue weighted by Crippen LogP contribution is 2.28. The van der Waals surface area contributed by atoms with Gasteiger partial charge in [-0.3, -0.25) is 10.8 Å². The zero-order valence-corrected chi connectivity index (χ0v) is 10.8. The Bertz CT molecular complexity index is 737. The van der Waals surface area contributed by atoms with Crippen LogP contribution in [0, 0.1) is 5.82 Å². The van der Waals surface area contributed by atoms with Crippen molar-refractivity contribution >= 4 is 10.9 Å². The van der Waals surface area contributed by atoms with Crippen LogP contribution in [0.1, 0.15) is 17.2 Å². The van der Waals surface area contributed by atoms with Crippen molar-refractivity contribution in [2.24, 2.45) is 5.84 Å². The molecule has 3 rings (SSSR count). The molecule has 0 saturated carbocycles. The molecule has 0 radical (unpaired) electrons. The normalized spacial score (nSPS) is 12.5. The van der Waals surface area contributed by atoms with Gasteiger partial charge < -0.3 is 0 Å². The highest BCUT2D eigenvalue weighted by Gasteiger charge is 2.18. The summed E-state index contributed by atoms with van der Waals surface area (Å²) in [5.41, 5.74) is 4.99. The van der Waals surface area contributed by atoms with E-state index in [1.165, 1.54) is 6.07 Å². The Morgan fingerprint density at radius 1 is 0.950 bits per heavy atom. The number of nitrogens with two attached hydrogens (primary N) is 1. The average molecular weight is 267 g/mol. The van der Waals surface area contributed by atoms with E-state index in [1.54, 1.807) is 24.4 Å². The van der Waals surface area contributed by atoms with Crippen LogP contribution in [0.25, 0.3) is 10.9 Å². The molecule has 1 heterocycles. The van der Waals surface area contributed by atoms with E-state index < -0.39 is 6.04 Å². The lowest BCUT2D eigenvalue weighted by molar-refractivity contribution is 0.562. The molecule has 1 atom stereocenters. The molecule has 0 saturated heterocycles. The van der Waals surface area contributed by atoms with Crippen molar-refractivity contribution in [3.8, 4) is 0 Å². The molecular weight excluding hydrogens is 253 g/mol. The van der Waals surface area contributed by atoms with Crippen LogP contribution < -0.4 is 11.3 Å². The van der Waals surface area contributed by atoms with Crippen LogP contribution in [-0.4, -0.2) is 4.98 Å². The van der Waals surface area contributed by atoms with Gasteiger partial charge in [-0.25, -0.2) is 9.82 Å². The number of benzene rings is 2. The summed E-state index contributed by atoms with van der Waals surface area (Å²) in [6.07, 6.45) is 1.74. The molecule has 3 N–H and O–H groups in total. The fraction of sp³-hybridized carbons (Fsp3) is 0.0625. The topological polar surface area (TPSA) is 50.9 Å².